The van der Waals surface area contributed by atoms with Gasteiger partial charge in [-0.2, -0.15) is 0 Å². The first-order valence-electron chi connectivity index (χ1n) is 12.4. The van der Waals surface area contributed by atoms with E-state index in [-0.39, 0.29) is 43.5 Å². The van der Waals surface area contributed by atoms with Crippen LogP contribution in [0.5, 0.6) is 11.5 Å². The monoisotopic (exact) mass is 524 g/mol. The van der Waals surface area contributed by atoms with E-state index in [1.165, 1.54) is 12.1 Å². The third-order valence-electron chi connectivity index (χ3n) is 6.49. The molecule has 0 radical (unpaired) electrons. The van der Waals surface area contributed by atoms with Gasteiger partial charge in [0.25, 0.3) is 0 Å². The lowest BCUT2D eigenvalue weighted by Gasteiger charge is -2.29. The fourth-order valence-electron chi connectivity index (χ4n) is 4.52. The van der Waals surface area contributed by atoms with Crippen LogP contribution in [0.15, 0.2) is 60.0 Å². The molecule has 2 amide bonds. The summed E-state index contributed by atoms with van der Waals surface area (Å²) in [4.78, 5) is 31.4. The number of amides is 2. The summed E-state index contributed by atoms with van der Waals surface area (Å²) in [6.45, 7) is 1.94. The fourth-order valence-corrected chi connectivity index (χ4v) is 5.24. The van der Waals surface area contributed by atoms with E-state index >= 15 is 0 Å². The van der Waals surface area contributed by atoms with Crippen molar-refractivity contribution in [3.8, 4) is 11.5 Å². The van der Waals surface area contributed by atoms with E-state index in [9.17, 15) is 14.0 Å². The van der Waals surface area contributed by atoms with Crippen molar-refractivity contribution in [3.63, 3.8) is 0 Å². The van der Waals surface area contributed by atoms with Crippen molar-refractivity contribution in [1.82, 2.24) is 9.80 Å². The van der Waals surface area contributed by atoms with Gasteiger partial charge < -0.3 is 24.0 Å². The summed E-state index contributed by atoms with van der Waals surface area (Å²) in [6, 6.07) is 15.5. The summed E-state index contributed by atoms with van der Waals surface area (Å²) >= 11 is 1.58. The number of halogens is 1. The number of fused-ring (bicyclic) bond motifs is 1. The minimum absolute atomic E-state index is 0.0597. The molecule has 3 heterocycles. The van der Waals surface area contributed by atoms with Crippen molar-refractivity contribution in [2.75, 3.05) is 26.5 Å². The minimum atomic E-state index is -0.352. The third kappa shape index (κ3) is 6.67. The lowest BCUT2D eigenvalue weighted by molar-refractivity contribution is -0.142. The highest BCUT2D eigenvalue weighted by atomic mass is 32.1. The number of benzene rings is 2. The first-order valence-corrected chi connectivity index (χ1v) is 13.2. The highest BCUT2D eigenvalue weighted by Gasteiger charge is 2.27. The van der Waals surface area contributed by atoms with Crippen molar-refractivity contribution >= 4 is 23.2 Å². The first kappa shape index (κ1) is 25.2. The number of thiophene rings is 1. The van der Waals surface area contributed by atoms with Crippen LogP contribution in [0.2, 0.25) is 0 Å². The largest absolute Gasteiger partial charge is 0.454 e. The van der Waals surface area contributed by atoms with E-state index < -0.39 is 0 Å². The van der Waals surface area contributed by atoms with Crippen molar-refractivity contribution in [3.05, 3.63) is 81.8 Å². The van der Waals surface area contributed by atoms with E-state index in [0.29, 0.717) is 43.3 Å². The zero-order valence-electron chi connectivity index (χ0n) is 20.4. The van der Waals surface area contributed by atoms with Crippen molar-refractivity contribution in [2.24, 2.45) is 0 Å². The van der Waals surface area contributed by atoms with E-state index in [1.807, 2.05) is 35.7 Å². The Bertz CT molecular complexity index is 1210. The summed E-state index contributed by atoms with van der Waals surface area (Å²) in [5, 5.41) is 1.98. The molecule has 194 valence electrons. The summed E-state index contributed by atoms with van der Waals surface area (Å²) in [7, 11) is 0. The lowest BCUT2D eigenvalue weighted by Crippen LogP contribution is -2.45. The number of nitrogens with zero attached hydrogens (tertiary/aromatic N) is 2. The van der Waals surface area contributed by atoms with Gasteiger partial charge >= 0.3 is 0 Å². The number of hydrogen-bond acceptors (Lipinski definition) is 6. The molecule has 2 aromatic carbocycles. The van der Waals surface area contributed by atoms with Crippen LogP contribution in [0.1, 0.15) is 28.8 Å². The maximum Gasteiger partial charge on any atom is 0.242 e. The van der Waals surface area contributed by atoms with Gasteiger partial charge in [-0.05, 0) is 59.7 Å². The number of carbonyl (C=O) groups excluding carboxylic acids is 2. The standard InChI is InChI=1S/C28H29FN2O5S/c29-22-8-5-20(6-9-22)14-27(32)31(16-23-3-1-11-34-23)18-28(33)30(17-24-4-2-12-37-24)15-21-7-10-25-26(13-21)36-19-35-25/h2,4-10,12-13,23H,1,3,11,14-19H2. The Kier molecular flexibility index (Phi) is 8.01. The number of hydrogen-bond donors (Lipinski definition) is 0. The number of ether oxygens (including phenoxy) is 3. The van der Waals surface area contributed by atoms with Gasteiger partial charge in [0.15, 0.2) is 11.5 Å². The molecule has 0 spiro atoms. The van der Waals surface area contributed by atoms with Gasteiger partial charge in [0.05, 0.1) is 25.6 Å². The van der Waals surface area contributed by atoms with Crippen LogP contribution in [0, 0.1) is 5.82 Å². The molecular formula is C28H29FN2O5S. The van der Waals surface area contributed by atoms with Crippen LogP contribution in [0.25, 0.3) is 0 Å². The van der Waals surface area contributed by atoms with Gasteiger partial charge in [-0.25, -0.2) is 4.39 Å². The van der Waals surface area contributed by atoms with Crippen LogP contribution in [-0.2, 0) is 33.8 Å². The highest BCUT2D eigenvalue weighted by molar-refractivity contribution is 7.09. The summed E-state index contributed by atoms with van der Waals surface area (Å²) in [5.74, 6) is 0.658. The van der Waals surface area contributed by atoms with E-state index in [1.54, 1.807) is 33.3 Å². The Morgan fingerprint density at radius 3 is 2.51 bits per heavy atom. The molecule has 2 aliphatic rings. The molecule has 2 aliphatic heterocycles. The SMILES string of the molecule is O=C(CN(CC1CCCO1)C(=O)Cc1ccc(F)cc1)N(Cc1ccc2c(c1)OCO2)Cc1cccs1. The molecule has 3 aromatic rings. The minimum Gasteiger partial charge on any atom is -0.454 e. The normalized spacial score (nSPS) is 16.1. The van der Waals surface area contributed by atoms with Crippen LogP contribution < -0.4 is 9.47 Å². The Morgan fingerprint density at radius 1 is 0.946 bits per heavy atom. The average Bonchev–Trinajstić information content (AvgIpc) is 3.68. The molecule has 5 rings (SSSR count). The molecule has 0 aliphatic carbocycles. The van der Waals surface area contributed by atoms with E-state index in [2.05, 4.69) is 0 Å². The predicted octanol–water partition coefficient (Wildman–Crippen LogP) is 4.40. The number of carbonyl (C=O) groups is 2. The third-order valence-corrected chi connectivity index (χ3v) is 7.35. The zero-order valence-corrected chi connectivity index (χ0v) is 21.3. The summed E-state index contributed by atoms with van der Waals surface area (Å²) < 4.78 is 30.0. The van der Waals surface area contributed by atoms with E-state index in [0.717, 1.165) is 23.3 Å². The van der Waals surface area contributed by atoms with E-state index in [4.69, 9.17) is 14.2 Å². The first-order chi connectivity index (χ1) is 18.0. The van der Waals surface area contributed by atoms with Crippen molar-refractivity contribution in [1.29, 1.82) is 0 Å². The van der Waals surface area contributed by atoms with Gasteiger partial charge in [0, 0.05) is 24.6 Å². The second kappa shape index (κ2) is 11.7. The topological polar surface area (TPSA) is 68.3 Å². The van der Waals surface area contributed by atoms with Crippen LogP contribution in [-0.4, -0.2) is 54.2 Å². The predicted molar refractivity (Wildman–Crippen MR) is 137 cm³/mol. The second-order valence-corrected chi connectivity index (χ2v) is 10.3. The summed E-state index contributed by atoms with van der Waals surface area (Å²) in [5.41, 5.74) is 1.62. The Balaban J connectivity index is 1.33. The smallest absolute Gasteiger partial charge is 0.242 e. The van der Waals surface area contributed by atoms with Gasteiger partial charge in [-0.3, -0.25) is 9.59 Å². The molecule has 0 N–H and O–H groups in total. The molecular weight excluding hydrogens is 495 g/mol. The molecule has 7 nitrogen and oxygen atoms in total. The van der Waals surface area contributed by atoms with Crippen LogP contribution >= 0.6 is 11.3 Å². The lowest BCUT2D eigenvalue weighted by atomic mass is 10.1. The molecule has 0 bridgehead atoms. The molecule has 1 atom stereocenters. The maximum atomic E-state index is 13.7. The van der Waals surface area contributed by atoms with Crippen LogP contribution in [0.4, 0.5) is 4.39 Å². The van der Waals surface area contributed by atoms with Crippen LogP contribution in [0.3, 0.4) is 0 Å². The quantitative estimate of drug-likeness (QED) is 0.394. The Hall–Kier alpha value is -3.43. The molecule has 1 unspecified atom stereocenters. The molecule has 0 saturated carbocycles. The Labute approximate surface area is 219 Å². The van der Waals surface area contributed by atoms with Gasteiger partial charge in [0.2, 0.25) is 18.6 Å². The van der Waals surface area contributed by atoms with Gasteiger partial charge in [-0.15, -0.1) is 11.3 Å². The zero-order chi connectivity index (χ0) is 25.6. The molecule has 37 heavy (non-hydrogen) atoms. The van der Waals surface area contributed by atoms with Crippen molar-refractivity contribution in [2.45, 2.75) is 38.5 Å². The Morgan fingerprint density at radius 2 is 1.76 bits per heavy atom. The van der Waals surface area contributed by atoms with Gasteiger partial charge in [0.1, 0.15) is 5.82 Å². The highest BCUT2D eigenvalue weighted by Crippen LogP contribution is 2.33. The number of rotatable bonds is 10. The maximum absolute atomic E-state index is 13.7. The molecule has 1 saturated heterocycles. The molecule has 9 heteroatoms. The van der Waals surface area contributed by atoms with Crippen molar-refractivity contribution < 1.29 is 28.2 Å². The average molecular weight is 525 g/mol. The molecule has 1 fully saturated rings. The summed E-state index contributed by atoms with van der Waals surface area (Å²) in [6.07, 6.45) is 1.79. The second-order valence-electron chi connectivity index (χ2n) is 9.23. The van der Waals surface area contributed by atoms with Gasteiger partial charge in [-0.1, -0.05) is 24.3 Å². The fraction of sp³-hybridized carbons (Fsp3) is 0.357. The molecule has 1 aromatic heterocycles.